The summed E-state index contributed by atoms with van der Waals surface area (Å²) in [5, 5.41) is 1.75. The fraction of sp³-hybridized carbons (Fsp3) is 0.182. The van der Waals surface area contributed by atoms with E-state index in [4.69, 9.17) is 15.9 Å². The molecule has 0 unspecified atom stereocenters. The molecule has 0 bridgehead atoms. The fourth-order valence-corrected chi connectivity index (χ4v) is 5.33. The lowest BCUT2D eigenvalue weighted by Gasteiger charge is -2.35. The lowest BCUT2D eigenvalue weighted by molar-refractivity contribution is -0.128. The minimum absolute atomic E-state index is 0.0138. The number of ether oxygens (including phenoxy) is 2. The molecule has 0 saturated carbocycles. The van der Waals surface area contributed by atoms with Crippen LogP contribution >= 0.6 is 0 Å². The molecule has 1 saturated heterocycles. The van der Waals surface area contributed by atoms with E-state index in [9.17, 15) is 9.18 Å². The van der Waals surface area contributed by atoms with E-state index in [1.54, 1.807) is 36.4 Å². The van der Waals surface area contributed by atoms with Crippen LogP contribution < -0.4 is 14.4 Å². The summed E-state index contributed by atoms with van der Waals surface area (Å²) >= 11 is 0. The van der Waals surface area contributed by atoms with Gasteiger partial charge in [-0.1, -0.05) is 42.3 Å². The van der Waals surface area contributed by atoms with Gasteiger partial charge in [0.15, 0.2) is 11.6 Å². The van der Waals surface area contributed by atoms with Crippen LogP contribution in [0.25, 0.3) is 39.0 Å². The van der Waals surface area contributed by atoms with Crippen molar-refractivity contribution in [1.82, 2.24) is 24.8 Å². The van der Waals surface area contributed by atoms with Crippen LogP contribution in [-0.2, 0) is 4.79 Å². The molecule has 3 aromatic heterocycles. The standard InChI is InChI=1S/C33H26F2N6O3/c1-4-20-9-7-10-21-11-8-13-23(25(20)21)28-27(35)29-26(31(37-28)43-2)30(39-33(38-29)44-3)40-15-17-41(18-16-40)32(42)24(34)19-22-12-5-6-14-36-22/h1,5-14,19H,15-18H2,2-3H3/b24-19-. The molecular weight excluding hydrogens is 566 g/mol. The summed E-state index contributed by atoms with van der Waals surface area (Å²) in [5.41, 5.74) is 1.39. The van der Waals surface area contributed by atoms with Gasteiger partial charge < -0.3 is 19.3 Å². The van der Waals surface area contributed by atoms with Gasteiger partial charge in [-0.25, -0.2) is 13.8 Å². The first-order chi connectivity index (χ1) is 21.4. The molecule has 220 valence electrons. The number of piperazine rings is 1. The molecule has 2 aromatic carbocycles. The van der Waals surface area contributed by atoms with Gasteiger partial charge in [0, 0.05) is 55.0 Å². The normalized spacial score (nSPS) is 13.7. The highest BCUT2D eigenvalue weighted by atomic mass is 19.1. The fourth-order valence-electron chi connectivity index (χ4n) is 5.33. The number of pyridine rings is 2. The minimum atomic E-state index is -0.909. The molecule has 1 amide bonds. The van der Waals surface area contributed by atoms with Crippen LogP contribution in [0.4, 0.5) is 14.6 Å². The van der Waals surface area contributed by atoms with Crippen molar-refractivity contribution in [2.45, 2.75) is 0 Å². The summed E-state index contributed by atoms with van der Waals surface area (Å²) in [4.78, 5) is 33.6. The van der Waals surface area contributed by atoms with Gasteiger partial charge in [-0.2, -0.15) is 9.97 Å². The summed E-state index contributed by atoms with van der Waals surface area (Å²) in [5.74, 6) is 0.753. The summed E-state index contributed by atoms with van der Waals surface area (Å²) in [6.45, 7) is 0.938. The van der Waals surface area contributed by atoms with Crippen molar-refractivity contribution in [3.8, 4) is 35.5 Å². The molecule has 4 heterocycles. The lowest BCUT2D eigenvalue weighted by Crippen LogP contribution is -2.49. The minimum Gasteiger partial charge on any atom is -0.480 e. The molecule has 11 heteroatoms. The third-order valence-corrected chi connectivity index (χ3v) is 7.44. The molecule has 44 heavy (non-hydrogen) atoms. The third kappa shape index (κ3) is 5.11. The number of nitrogens with zero attached hydrogens (tertiary/aromatic N) is 6. The van der Waals surface area contributed by atoms with Crippen molar-refractivity contribution >= 4 is 39.5 Å². The zero-order chi connectivity index (χ0) is 30.8. The number of terminal acetylenes is 1. The summed E-state index contributed by atoms with van der Waals surface area (Å²) in [6.07, 6.45) is 8.41. The maximum absolute atomic E-state index is 16.5. The maximum Gasteiger partial charge on any atom is 0.318 e. The molecule has 0 aliphatic carbocycles. The van der Waals surface area contributed by atoms with E-state index in [1.165, 1.54) is 25.3 Å². The molecule has 0 atom stereocenters. The van der Waals surface area contributed by atoms with E-state index in [0.29, 0.717) is 28.0 Å². The average molecular weight is 593 g/mol. The van der Waals surface area contributed by atoms with E-state index in [0.717, 1.165) is 11.5 Å². The number of carbonyl (C=O) groups excluding carboxylic acids is 1. The molecule has 0 radical (unpaired) electrons. The zero-order valence-corrected chi connectivity index (χ0v) is 23.9. The number of carbonyl (C=O) groups is 1. The van der Waals surface area contributed by atoms with E-state index in [-0.39, 0.29) is 54.7 Å². The molecule has 1 aliphatic rings. The van der Waals surface area contributed by atoms with Crippen LogP contribution in [-0.4, -0.2) is 71.1 Å². The Balaban J connectivity index is 1.39. The first-order valence-corrected chi connectivity index (χ1v) is 13.7. The van der Waals surface area contributed by atoms with Crippen LogP contribution in [0.5, 0.6) is 11.9 Å². The Labute approximate surface area is 251 Å². The van der Waals surface area contributed by atoms with Crippen molar-refractivity contribution in [2.24, 2.45) is 0 Å². The number of amides is 1. The van der Waals surface area contributed by atoms with Crippen LogP contribution in [0.15, 0.2) is 66.6 Å². The van der Waals surface area contributed by atoms with Gasteiger partial charge in [0.05, 0.1) is 19.9 Å². The predicted octanol–water partition coefficient (Wildman–Crippen LogP) is 5.04. The first kappa shape index (κ1) is 28.5. The van der Waals surface area contributed by atoms with Crippen molar-refractivity contribution < 1.29 is 23.0 Å². The monoisotopic (exact) mass is 592 g/mol. The van der Waals surface area contributed by atoms with Crippen molar-refractivity contribution in [3.05, 3.63) is 83.7 Å². The number of methoxy groups -OCH3 is 2. The molecule has 0 spiro atoms. The van der Waals surface area contributed by atoms with Gasteiger partial charge in [0.1, 0.15) is 22.4 Å². The molecule has 1 fully saturated rings. The van der Waals surface area contributed by atoms with Gasteiger partial charge in [0.2, 0.25) is 5.88 Å². The number of halogens is 2. The van der Waals surface area contributed by atoms with Gasteiger partial charge in [-0.3, -0.25) is 9.78 Å². The Bertz CT molecular complexity index is 1960. The second-order valence-corrected chi connectivity index (χ2v) is 9.92. The molecular formula is C33H26F2N6O3. The largest absolute Gasteiger partial charge is 0.480 e. The van der Waals surface area contributed by atoms with Crippen molar-refractivity contribution in [1.29, 1.82) is 0 Å². The van der Waals surface area contributed by atoms with Crippen LogP contribution in [0.1, 0.15) is 11.3 Å². The SMILES string of the molecule is C#Cc1cccc2cccc(-c3nc(OC)c4c(N5CCN(C(=O)/C(F)=C/c6ccccn6)CC5)nc(OC)nc4c3F)c12. The zero-order valence-electron chi connectivity index (χ0n) is 23.9. The van der Waals surface area contributed by atoms with Gasteiger partial charge in [-0.05, 0) is 23.6 Å². The third-order valence-electron chi connectivity index (χ3n) is 7.44. The molecule has 0 N–H and O–H groups in total. The van der Waals surface area contributed by atoms with Gasteiger partial charge >= 0.3 is 6.01 Å². The number of benzene rings is 2. The molecule has 1 aliphatic heterocycles. The predicted molar refractivity (Wildman–Crippen MR) is 163 cm³/mol. The highest BCUT2D eigenvalue weighted by Gasteiger charge is 2.30. The second-order valence-electron chi connectivity index (χ2n) is 9.92. The Morgan fingerprint density at radius 3 is 2.41 bits per heavy atom. The van der Waals surface area contributed by atoms with E-state index >= 15 is 4.39 Å². The highest BCUT2D eigenvalue weighted by Crippen LogP contribution is 2.40. The molecule has 9 nitrogen and oxygen atoms in total. The highest BCUT2D eigenvalue weighted by molar-refractivity contribution is 6.03. The number of rotatable bonds is 6. The molecule has 6 rings (SSSR count). The number of aromatic nitrogens is 4. The van der Waals surface area contributed by atoms with Crippen molar-refractivity contribution in [3.63, 3.8) is 0 Å². The Kier molecular flexibility index (Phi) is 7.72. The lowest BCUT2D eigenvalue weighted by atomic mass is 9.96. The topological polar surface area (TPSA) is 93.6 Å². The second kappa shape index (κ2) is 11.9. The number of hydrogen-bond acceptors (Lipinski definition) is 8. The van der Waals surface area contributed by atoms with Crippen molar-refractivity contribution in [2.75, 3.05) is 45.3 Å². The summed E-state index contributed by atoms with van der Waals surface area (Å²) < 4.78 is 42.3. The molecule has 5 aromatic rings. The summed E-state index contributed by atoms with van der Waals surface area (Å²) in [6, 6.07) is 15.9. The van der Waals surface area contributed by atoms with Gasteiger partial charge in [-0.15, -0.1) is 6.42 Å². The quantitative estimate of drug-likeness (QED) is 0.200. The Morgan fingerprint density at radius 2 is 1.73 bits per heavy atom. The number of anilines is 1. The number of fused-ring (bicyclic) bond motifs is 2. The van der Waals surface area contributed by atoms with Gasteiger partial charge in [0.25, 0.3) is 5.91 Å². The maximum atomic E-state index is 16.5. The summed E-state index contributed by atoms with van der Waals surface area (Å²) in [7, 11) is 2.82. The van der Waals surface area contributed by atoms with E-state index in [1.807, 2.05) is 23.1 Å². The van der Waals surface area contributed by atoms with E-state index < -0.39 is 17.6 Å². The smallest absolute Gasteiger partial charge is 0.318 e. The Hall–Kier alpha value is -5.63. The Morgan fingerprint density at radius 1 is 0.955 bits per heavy atom. The average Bonchev–Trinajstić information content (AvgIpc) is 3.07. The van der Waals surface area contributed by atoms with Crippen LogP contribution in [0.2, 0.25) is 0 Å². The number of hydrogen-bond donors (Lipinski definition) is 0. The van der Waals surface area contributed by atoms with Crippen LogP contribution in [0, 0.1) is 18.2 Å². The van der Waals surface area contributed by atoms with Crippen LogP contribution in [0.3, 0.4) is 0 Å². The first-order valence-electron chi connectivity index (χ1n) is 13.7. The van der Waals surface area contributed by atoms with E-state index in [2.05, 4.69) is 25.9 Å².